The number of aryl methyl sites for hydroxylation is 2. The van der Waals surface area contributed by atoms with Crippen molar-refractivity contribution in [3.63, 3.8) is 0 Å². The van der Waals surface area contributed by atoms with Crippen LogP contribution in [0.4, 0.5) is 5.69 Å². The van der Waals surface area contributed by atoms with Gasteiger partial charge >= 0.3 is 0 Å². The number of carbonyl (C=O) groups excluding carboxylic acids is 1. The summed E-state index contributed by atoms with van der Waals surface area (Å²) < 4.78 is 2.06. The number of amides is 1. The summed E-state index contributed by atoms with van der Waals surface area (Å²) in [6.45, 7) is 10.9. The second-order valence-electron chi connectivity index (χ2n) is 9.28. The first-order valence-corrected chi connectivity index (χ1v) is 11.6. The van der Waals surface area contributed by atoms with Crippen LogP contribution < -0.4 is 10.2 Å². The van der Waals surface area contributed by atoms with Gasteiger partial charge in [-0.2, -0.15) is 0 Å². The van der Waals surface area contributed by atoms with Crippen LogP contribution in [0.15, 0.2) is 30.5 Å². The highest BCUT2D eigenvalue weighted by atomic mass is 16.1. The minimum absolute atomic E-state index is 0.130. The number of pyridine rings is 2. The van der Waals surface area contributed by atoms with Crippen LogP contribution in [0.1, 0.15) is 48.2 Å². The molecule has 3 aromatic heterocycles. The highest BCUT2D eigenvalue weighted by Gasteiger charge is 2.28. The van der Waals surface area contributed by atoms with Gasteiger partial charge in [-0.1, -0.05) is 20.3 Å². The van der Waals surface area contributed by atoms with E-state index >= 15 is 0 Å². The molecule has 0 saturated carbocycles. The van der Waals surface area contributed by atoms with Crippen molar-refractivity contribution in [1.82, 2.24) is 19.7 Å². The van der Waals surface area contributed by atoms with Crippen LogP contribution >= 0.6 is 0 Å². The zero-order valence-electron chi connectivity index (χ0n) is 19.6. The van der Waals surface area contributed by atoms with E-state index in [9.17, 15) is 4.79 Å². The van der Waals surface area contributed by atoms with Crippen molar-refractivity contribution in [1.29, 1.82) is 0 Å². The van der Waals surface area contributed by atoms with Gasteiger partial charge < -0.3 is 10.2 Å². The molecule has 1 aliphatic heterocycles. The minimum atomic E-state index is -0.130. The number of rotatable bonds is 4. The fourth-order valence-electron chi connectivity index (χ4n) is 5.09. The molecule has 4 heterocycles. The molecule has 2 unspecified atom stereocenters. The maximum Gasteiger partial charge on any atom is 0.254 e. The number of imidazole rings is 1. The predicted molar refractivity (Wildman–Crippen MR) is 131 cm³/mol. The average Bonchev–Trinajstić information content (AvgIpc) is 3.43. The van der Waals surface area contributed by atoms with Crippen LogP contribution in [0.25, 0.3) is 27.7 Å². The van der Waals surface area contributed by atoms with E-state index in [-0.39, 0.29) is 5.91 Å². The van der Waals surface area contributed by atoms with E-state index in [1.807, 2.05) is 12.3 Å². The number of nitrogens with one attached hydrogen (secondary N) is 1. The lowest BCUT2D eigenvalue weighted by Gasteiger charge is -2.23. The minimum Gasteiger partial charge on any atom is -0.371 e. The third-order valence-electron chi connectivity index (χ3n) is 7.44. The highest BCUT2D eigenvalue weighted by molar-refractivity contribution is 6.07. The van der Waals surface area contributed by atoms with Crippen molar-refractivity contribution in [2.24, 2.45) is 11.8 Å². The molecule has 1 N–H and O–H groups in total. The van der Waals surface area contributed by atoms with Gasteiger partial charge in [0.05, 0.1) is 16.6 Å². The van der Waals surface area contributed by atoms with E-state index in [1.165, 1.54) is 24.0 Å². The van der Waals surface area contributed by atoms with E-state index in [4.69, 9.17) is 9.97 Å². The number of hydrogen-bond donors (Lipinski definition) is 1. The van der Waals surface area contributed by atoms with Gasteiger partial charge in [0.15, 0.2) is 5.65 Å². The van der Waals surface area contributed by atoms with Crippen LogP contribution in [0.3, 0.4) is 0 Å². The van der Waals surface area contributed by atoms with E-state index < -0.39 is 0 Å². The van der Waals surface area contributed by atoms with Crippen molar-refractivity contribution < 1.29 is 4.79 Å². The van der Waals surface area contributed by atoms with Gasteiger partial charge in [0.25, 0.3) is 5.91 Å². The van der Waals surface area contributed by atoms with Crippen LogP contribution in [-0.4, -0.2) is 40.4 Å². The molecule has 0 radical (unpaired) electrons. The van der Waals surface area contributed by atoms with Gasteiger partial charge in [-0.25, -0.2) is 9.97 Å². The van der Waals surface area contributed by atoms with Gasteiger partial charge in [0, 0.05) is 37.4 Å². The zero-order chi connectivity index (χ0) is 22.6. The predicted octanol–water partition coefficient (Wildman–Crippen LogP) is 4.88. The molecule has 1 fully saturated rings. The van der Waals surface area contributed by atoms with Crippen LogP contribution in [-0.2, 0) is 0 Å². The lowest BCUT2D eigenvalue weighted by Crippen LogP contribution is -2.23. The molecule has 6 nitrogen and oxygen atoms in total. The van der Waals surface area contributed by atoms with Gasteiger partial charge in [-0.3, -0.25) is 9.20 Å². The van der Waals surface area contributed by atoms with Gasteiger partial charge in [-0.15, -0.1) is 0 Å². The maximum atomic E-state index is 12.9. The van der Waals surface area contributed by atoms with E-state index in [0.29, 0.717) is 23.0 Å². The zero-order valence-corrected chi connectivity index (χ0v) is 19.6. The Morgan fingerprint density at radius 1 is 1.22 bits per heavy atom. The Morgan fingerprint density at radius 3 is 2.75 bits per heavy atom. The number of aromatic nitrogens is 3. The summed E-state index contributed by atoms with van der Waals surface area (Å²) in [5, 5.41) is 3.80. The van der Waals surface area contributed by atoms with Crippen molar-refractivity contribution in [2.45, 2.75) is 40.5 Å². The third kappa shape index (κ3) is 3.12. The largest absolute Gasteiger partial charge is 0.371 e. The molecule has 0 bridgehead atoms. The fourth-order valence-corrected chi connectivity index (χ4v) is 5.09. The first-order chi connectivity index (χ1) is 15.4. The SMILES string of the molecule is CCC(C)C1CCN(c2ccnc3c2cc(C(=O)NC)c2nc4cc(C)c(C)cc4n23)C1. The Kier molecular flexibility index (Phi) is 5.03. The normalized spacial score (nSPS) is 17.5. The summed E-state index contributed by atoms with van der Waals surface area (Å²) in [6.07, 6.45) is 4.30. The molecule has 6 heteroatoms. The van der Waals surface area contributed by atoms with Crippen LogP contribution in [0.2, 0.25) is 0 Å². The molecular weight excluding hydrogens is 398 g/mol. The molecule has 0 aliphatic carbocycles. The Bertz CT molecular complexity index is 1360. The number of carbonyl (C=O) groups is 1. The molecule has 1 saturated heterocycles. The Balaban J connectivity index is 1.79. The number of hydrogen-bond acceptors (Lipinski definition) is 4. The fraction of sp³-hybridized carbons (Fsp3) is 0.423. The first kappa shape index (κ1) is 20.7. The lowest BCUT2D eigenvalue weighted by molar-refractivity contribution is 0.0964. The number of benzene rings is 1. The molecule has 5 rings (SSSR count). The maximum absolute atomic E-state index is 12.9. The smallest absolute Gasteiger partial charge is 0.254 e. The van der Waals surface area contributed by atoms with Gasteiger partial charge in [-0.05, 0) is 67.5 Å². The molecule has 2 atom stereocenters. The number of nitrogens with zero attached hydrogens (tertiary/aromatic N) is 4. The Labute approximate surface area is 188 Å². The molecule has 1 aromatic carbocycles. The lowest BCUT2D eigenvalue weighted by atomic mass is 9.91. The van der Waals surface area contributed by atoms with Gasteiger partial charge in [0.2, 0.25) is 0 Å². The molecule has 32 heavy (non-hydrogen) atoms. The molecule has 4 aromatic rings. The van der Waals surface area contributed by atoms with Gasteiger partial charge in [0.1, 0.15) is 5.65 Å². The summed E-state index contributed by atoms with van der Waals surface area (Å²) in [5.74, 6) is 1.28. The van der Waals surface area contributed by atoms with E-state index in [2.05, 4.69) is 60.5 Å². The molecule has 0 spiro atoms. The first-order valence-electron chi connectivity index (χ1n) is 11.6. The third-order valence-corrected chi connectivity index (χ3v) is 7.44. The summed E-state index contributed by atoms with van der Waals surface area (Å²) in [6, 6.07) is 8.32. The summed E-state index contributed by atoms with van der Waals surface area (Å²) in [7, 11) is 1.67. The second-order valence-corrected chi connectivity index (χ2v) is 9.28. The van der Waals surface area contributed by atoms with Crippen molar-refractivity contribution >= 4 is 39.3 Å². The van der Waals surface area contributed by atoms with E-state index in [1.54, 1.807) is 7.05 Å². The summed E-state index contributed by atoms with van der Waals surface area (Å²) >= 11 is 0. The molecule has 166 valence electrons. The highest BCUT2D eigenvalue weighted by Crippen LogP contribution is 2.35. The summed E-state index contributed by atoms with van der Waals surface area (Å²) in [4.78, 5) is 25.0. The van der Waals surface area contributed by atoms with E-state index in [0.717, 1.165) is 40.8 Å². The van der Waals surface area contributed by atoms with Crippen LogP contribution in [0.5, 0.6) is 0 Å². The Hall–Kier alpha value is -3.15. The number of anilines is 1. The molecule has 1 amide bonds. The average molecular weight is 430 g/mol. The molecular formula is C26H31N5O. The summed E-state index contributed by atoms with van der Waals surface area (Å²) in [5.41, 5.74) is 7.50. The standard InChI is InChI=1S/C26H31N5O/c1-6-15(2)18-8-10-30(14-18)22-7-9-28-24-19(22)13-20(26(32)27-5)25-29-21-11-16(3)17(4)12-23(21)31(24)25/h7,9,11-13,15,18H,6,8,10,14H2,1-5H3,(H,27,32). The quantitative estimate of drug-likeness (QED) is 0.502. The van der Waals surface area contributed by atoms with Crippen LogP contribution in [0, 0.1) is 25.7 Å². The topological polar surface area (TPSA) is 62.5 Å². The monoisotopic (exact) mass is 429 g/mol. The van der Waals surface area contributed by atoms with Crippen molar-refractivity contribution in [3.05, 3.63) is 47.2 Å². The van der Waals surface area contributed by atoms with Crippen molar-refractivity contribution in [2.75, 3.05) is 25.0 Å². The number of fused-ring (bicyclic) bond motifs is 5. The Morgan fingerprint density at radius 2 is 2.00 bits per heavy atom. The second kappa shape index (κ2) is 7.76. The molecule has 1 aliphatic rings. The van der Waals surface area contributed by atoms with Crippen molar-refractivity contribution in [3.8, 4) is 0 Å².